The van der Waals surface area contributed by atoms with Crippen LogP contribution in [0.15, 0.2) is 24.3 Å². The second-order valence-electron chi connectivity index (χ2n) is 7.22. The Morgan fingerprint density at radius 1 is 1.25 bits per heavy atom. The molecule has 160 valence electrons. The lowest BCUT2D eigenvalue weighted by Crippen LogP contribution is -2.49. The molecule has 0 aliphatic carbocycles. The van der Waals surface area contributed by atoms with E-state index in [4.69, 9.17) is 15.2 Å². The lowest BCUT2D eigenvalue weighted by molar-refractivity contribution is -0.124. The molecule has 2 unspecified atom stereocenters. The van der Waals surface area contributed by atoms with Gasteiger partial charge in [0.1, 0.15) is 5.75 Å². The molecular weight excluding hydrogens is 401 g/mol. The molecule has 2 aliphatic heterocycles. The van der Waals surface area contributed by atoms with Crippen molar-refractivity contribution < 1.29 is 14.3 Å². The van der Waals surface area contributed by atoms with Crippen LogP contribution in [0.25, 0.3) is 0 Å². The van der Waals surface area contributed by atoms with E-state index < -0.39 is 6.04 Å². The summed E-state index contributed by atoms with van der Waals surface area (Å²) in [6, 6.07) is 7.72. The van der Waals surface area contributed by atoms with E-state index in [1.165, 1.54) is 12.8 Å². The number of hydrogen-bond acceptors (Lipinski definition) is 5. The van der Waals surface area contributed by atoms with Gasteiger partial charge >= 0.3 is 0 Å². The molecule has 1 aromatic rings. The molecule has 2 heterocycles. The van der Waals surface area contributed by atoms with Crippen LogP contribution in [0.4, 0.5) is 0 Å². The Morgan fingerprint density at radius 3 is 2.54 bits per heavy atom. The van der Waals surface area contributed by atoms with Crippen molar-refractivity contribution in [3.63, 3.8) is 0 Å². The number of halogens is 2. The van der Waals surface area contributed by atoms with E-state index >= 15 is 0 Å². The highest BCUT2D eigenvalue weighted by atomic mass is 35.5. The first-order valence-electron chi connectivity index (χ1n) is 9.68. The minimum Gasteiger partial charge on any atom is -0.496 e. The van der Waals surface area contributed by atoms with Crippen molar-refractivity contribution in [1.82, 2.24) is 10.2 Å². The van der Waals surface area contributed by atoms with Crippen LogP contribution in [0.2, 0.25) is 0 Å². The van der Waals surface area contributed by atoms with E-state index in [1.54, 1.807) is 7.11 Å². The summed E-state index contributed by atoms with van der Waals surface area (Å²) in [5.41, 5.74) is 7.34. The highest BCUT2D eigenvalue weighted by molar-refractivity contribution is 5.85. The molecule has 3 rings (SSSR count). The van der Waals surface area contributed by atoms with Gasteiger partial charge in [-0.2, -0.15) is 0 Å². The Labute approximate surface area is 180 Å². The Balaban J connectivity index is 0.00000196. The lowest BCUT2D eigenvalue weighted by atomic mass is 9.91. The van der Waals surface area contributed by atoms with Gasteiger partial charge in [0.05, 0.1) is 19.2 Å². The van der Waals surface area contributed by atoms with Crippen LogP contribution in [-0.2, 0) is 9.53 Å². The Morgan fingerprint density at radius 2 is 1.89 bits per heavy atom. The zero-order valence-electron chi connectivity index (χ0n) is 16.5. The Kier molecular flexibility index (Phi) is 11.2. The minimum absolute atomic E-state index is 0. The number of carbonyl (C=O) groups is 1. The highest BCUT2D eigenvalue weighted by Gasteiger charge is 2.29. The average molecular weight is 434 g/mol. The summed E-state index contributed by atoms with van der Waals surface area (Å²) in [5.74, 6) is 1.02. The molecule has 2 aliphatic rings. The maximum Gasteiger partial charge on any atom is 0.237 e. The molecule has 1 aromatic carbocycles. The Hall–Kier alpha value is -1.05. The van der Waals surface area contributed by atoms with Gasteiger partial charge in [0, 0.05) is 25.3 Å². The molecule has 28 heavy (non-hydrogen) atoms. The smallest absolute Gasteiger partial charge is 0.237 e. The number of ether oxygens (including phenoxy) is 2. The SMILES string of the molecule is COc1ccccc1C(CNC(=O)C(N)C1CCOCC1)N1CCCC1.Cl.Cl. The van der Waals surface area contributed by atoms with Crippen molar-refractivity contribution in [1.29, 1.82) is 0 Å². The van der Waals surface area contributed by atoms with Gasteiger partial charge in [-0.25, -0.2) is 0 Å². The van der Waals surface area contributed by atoms with E-state index in [1.807, 2.05) is 18.2 Å². The third-order valence-corrected chi connectivity index (χ3v) is 5.63. The van der Waals surface area contributed by atoms with Crippen LogP contribution in [0, 0.1) is 5.92 Å². The van der Waals surface area contributed by atoms with Crippen molar-refractivity contribution in [2.45, 2.75) is 37.8 Å². The molecular formula is C20H33Cl2N3O3. The number of nitrogens with one attached hydrogen (secondary N) is 1. The molecule has 0 spiro atoms. The molecule has 2 fully saturated rings. The largest absolute Gasteiger partial charge is 0.496 e. The van der Waals surface area contributed by atoms with Crippen molar-refractivity contribution in [2.24, 2.45) is 11.7 Å². The topological polar surface area (TPSA) is 76.8 Å². The van der Waals surface area contributed by atoms with E-state index in [0.717, 1.165) is 37.2 Å². The summed E-state index contributed by atoms with van der Waals surface area (Å²) in [6.07, 6.45) is 4.11. The number of carbonyl (C=O) groups excluding carboxylic acids is 1. The molecule has 0 saturated carbocycles. The van der Waals surface area contributed by atoms with Gasteiger partial charge in [-0.1, -0.05) is 18.2 Å². The Bertz CT molecular complexity index is 594. The first-order chi connectivity index (χ1) is 12.7. The minimum atomic E-state index is -0.462. The van der Waals surface area contributed by atoms with Crippen molar-refractivity contribution in [3.05, 3.63) is 29.8 Å². The summed E-state index contributed by atoms with van der Waals surface area (Å²) in [5, 5.41) is 3.10. The van der Waals surface area contributed by atoms with Crippen LogP contribution in [0.5, 0.6) is 5.75 Å². The first-order valence-corrected chi connectivity index (χ1v) is 9.68. The summed E-state index contributed by atoms with van der Waals surface area (Å²) < 4.78 is 10.9. The predicted molar refractivity (Wildman–Crippen MR) is 116 cm³/mol. The van der Waals surface area contributed by atoms with E-state index in [2.05, 4.69) is 16.3 Å². The molecule has 0 bridgehead atoms. The maximum atomic E-state index is 12.6. The number of benzene rings is 1. The summed E-state index contributed by atoms with van der Waals surface area (Å²) in [4.78, 5) is 15.0. The van der Waals surface area contributed by atoms with Gasteiger partial charge in [0.15, 0.2) is 0 Å². The standard InChI is InChI=1S/C20H31N3O3.2ClH/c1-25-18-7-3-2-6-16(18)17(23-10-4-5-11-23)14-22-20(24)19(21)15-8-12-26-13-9-15;;/h2-3,6-7,15,17,19H,4-5,8-14,21H2,1H3,(H,22,24);2*1H. The molecule has 0 radical (unpaired) electrons. The third-order valence-electron chi connectivity index (χ3n) is 5.63. The van der Waals surface area contributed by atoms with Gasteiger partial charge in [0.2, 0.25) is 5.91 Å². The zero-order valence-corrected chi connectivity index (χ0v) is 18.1. The van der Waals surface area contributed by atoms with Crippen molar-refractivity contribution >= 4 is 30.7 Å². The van der Waals surface area contributed by atoms with Crippen molar-refractivity contribution in [2.75, 3.05) is 40.0 Å². The van der Waals surface area contributed by atoms with Gasteiger partial charge in [0.25, 0.3) is 0 Å². The average Bonchev–Trinajstić information content (AvgIpc) is 3.23. The summed E-state index contributed by atoms with van der Waals surface area (Å²) in [7, 11) is 1.69. The normalized spacial score (nSPS) is 19.8. The molecule has 8 heteroatoms. The summed E-state index contributed by atoms with van der Waals surface area (Å²) >= 11 is 0. The van der Waals surface area contributed by atoms with Crippen LogP contribution in [0.1, 0.15) is 37.3 Å². The third kappa shape index (κ3) is 6.22. The van der Waals surface area contributed by atoms with Gasteiger partial charge in [-0.3, -0.25) is 9.69 Å². The van der Waals surface area contributed by atoms with Crippen LogP contribution in [0.3, 0.4) is 0 Å². The molecule has 3 N–H and O–H groups in total. The fourth-order valence-electron chi connectivity index (χ4n) is 4.03. The van der Waals surface area contributed by atoms with Gasteiger partial charge < -0.3 is 20.5 Å². The van der Waals surface area contributed by atoms with E-state index in [-0.39, 0.29) is 42.7 Å². The number of rotatable bonds is 7. The highest BCUT2D eigenvalue weighted by Crippen LogP contribution is 2.31. The first kappa shape index (κ1) is 25.0. The van der Waals surface area contributed by atoms with Crippen LogP contribution >= 0.6 is 24.8 Å². The quantitative estimate of drug-likeness (QED) is 0.690. The zero-order chi connectivity index (χ0) is 18.4. The molecule has 1 amide bonds. The number of amides is 1. The van der Waals surface area contributed by atoms with Gasteiger partial charge in [-0.15, -0.1) is 24.8 Å². The number of nitrogens with zero attached hydrogens (tertiary/aromatic N) is 1. The van der Waals surface area contributed by atoms with Crippen LogP contribution < -0.4 is 15.8 Å². The molecule has 2 atom stereocenters. The van der Waals surface area contributed by atoms with E-state index in [9.17, 15) is 4.79 Å². The number of hydrogen-bond donors (Lipinski definition) is 2. The number of nitrogens with two attached hydrogens (primary N) is 1. The van der Waals surface area contributed by atoms with Crippen LogP contribution in [-0.4, -0.2) is 56.8 Å². The number of methoxy groups -OCH3 is 1. The molecule has 0 aromatic heterocycles. The van der Waals surface area contributed by atoms with Gasteiger partial charge in [-0.05, 0) is 50.8 Å². The predicted octanol–water partition coefficient (Wildman–Crippen LogP) is 2.55. The van der Waals surface area contributed by atoms with Crippen molar-refractivity contribution in [3.8, 4) is 5.75 Å². The number of para-hydroxylation sites is 1. The monoisotopic (exact) mass is 433 g/mol. The summed E-state index contributed by atoms with van der Waals surface area (Å²) in [6.45, 7) is 4.04. The fraction of sp³-hybridized carbons (Fsp3) is 0.650. The maximum absolute atomic E-state index is 12.6. The molecule has 6 nitrogen and oxygen atoms in total. The molecule has 2 saturated heterocycles. The fourth-order valence-corrected chi connectivity index (χ4v) is 4.03. The second kappa shape index (κ2) is 12.5. The van der Waals surface area contributed by atoms with E-state index in [0.29, 0.717) is 19.8 Å². The number of likely N-dealkylation sites (tertiary alicyclic amines) is 1. The lowest BCUT2D eigenvalue weighted by Gasteiger charge is -2.31. The second-order valence-corrected chi connectivity index (χ2v) is 7.22.